The molecule has 4 saturated carbocycles. The van der Waals surface area contributed by atoms with Crippen LogP contribution in [0, 0.1) is 23.2 Å². The predicted octanol–water partition coefficient (Wildman–Crippen LogP) is 3.74. The van der Waals surface area contributed by atoms with E-state index in [1.807, 2.05) is 6.26 Å². The van der Waals surface area contributed by atoms with Crippen LogP contribution in [0.2, 0.25) is 0 Å². The first-order chi connectivity index (χ1) is 14.5. The third-order valence-corrected chi connectivity index (χ3v) is 8.48. The predicted molar refractivity (Wildman–Crippen MR) is 117 cm³/mol. The Morgan fingerprint density at radius 3 is 2.10 bits per heavy atom. The van der Waals surface area contributed by atoms with Crippen LogP contribution in [0.15, 0.2) is 24.3 Å². The molecule has 3 amide bonds. The first-order valence-electron chi connectivity index (χ1n) is 11.2. The van der Waals surface area contributed by atoms with Crippen LogP contribution < -0.4 is 5.32 Å². The van der Waals surface area contributed by atoms with Crippen LogP contribution in [-0.4, -0.2) is 47.2 Å². The molecule has 4 aliphatic carbocycles. The topological polar surface area (TPSA) is 66.5 Å². The summed E-state index contributed by atoms with van der Waals surface area (Å²) in [5.74, 6) is 2.36. The number of benzene rings is 1. The van der Waals surface area contributed by atoms with Crippen molar-refractivity contribution >= 4 is 29.5 Å². The molecule has 1 aromatic rings. The maximum atomic E-state index is 13.3. The summed E-state index contributed by atoms with van der Waals surface area (Å²) in [6.45, 7) is 0.689. The van der Waals surface area contributed by atoms with Gasteiger partial charge in [0.1, 0.15) is 6.04 Å². The van der Waals surface area contributed by atoms with Gasteiger partial charge in [0.05, 0.1) is 11.1 Å². The standard InChI is InChI=1S/C24H30N2O3S/c1-30-7-6-20(26-22(28)18-4-2-3-5-19(18)23(26)29)21(27)25-14-24-11-15-8-16(12-24)10-17(9-15)13-24/h2-5,15-17,20H,6-14H2,1H3,(H,25,27)/t15?,16?,17?,20-,24?/m0/s1. The van der Waals surface area contributed by atoms with Gasteiger partial charge in [-0.15, -0.1) is 0 Å². The van der Waals surface area contributed by atoms with Crippen molar-refractivity contribution in [3.63, 3.8) is 0 Å². The van der Waals surface area contributed by atoms with E-state index in [9.17, 15) is 14.4 Å². The number of hydrogen-bond donors (Lipinski definition) is 1. The smallest absolute Gasteiger partial charge is 0.262 e. The molecule has 1 N–H and O–H groups in total. The summed E-state index contributed by atoms with van der Waals surface area (Å²) in [5.41, 5.74) is 1.05. The highest BCUT2D eigenvalue weighted by atomic mass is 32.2. The number of hydrogen-bond acceptors (Lipinski definition) is 4. The summed E-state index contributed by atoms with van der Waals surface area (Å²) < 4.78 is 0. The van der Waals surface area contributed by atoms with Crippen LogP contribution in [0.5, 0.6) is 0 Å². The Hall–Kier alpha value is -1.82. The van der Waals surface area contributed by atoms with Gasteiger partial charge in [-0.05, 0) is 92.3 Å². The zero-order chi connectivity index (χ0) is 20.9. The third kappa shape index (κ3) is 3.37. The van der Waals surface area contributed by atoms with Gasteiger partial charge in [0.25, 0.3) is 11.8 Å². The van der Waals surface area contributed by atoms with Gasteiger partial charge in [-0.3, -0.25) is 19.3 Å². The van der Waals surface area contributed by atoms with E-state index in [0.29, 0.717) is 24.1 Å². The van der Waals surface area contributed by atoms with Gasteiger partial charge in [-0.2, -0.15) is 11.8 Å². The lowest BCUT2D eigenvalue weighted by molar-refractivity contribution is -0.127. The summed E-state index contributed by atoms with van der Waals surface area (Å²) in [6, 6.07) is 6.14. The largest absolute Gasteiger partial charge is 0.354 e. The fraction of sp³-hybridized carbons (Fsp3) is 0.625. The maximum absolute atomic E-state index is 13.3. The molecule has 30 heavy (non-hydrogen) atoms. The van der Waals surface area contributed by atoms with Crippen molar-refractivity contribution in [1.82, 2.24) is 10.2 Å². The van der Waals surface area contributed by atoms with E-state index >= 15 is 0 Å². The molecule has 5 aliphatic rings. The Labute approximate surface area is 182 Å². The lowest BCUT2D eigenvalue weighted by Crippen LogP contribution is -2.55. The van der Waals surface area contributed by atoms with Gasteiger partial charge in [0, 0.05) is 6.54 Å². The molecule has 0 radical (unpaired) electrons. The second-order valence-corrected chi connectivity index (χ2v) is 10.9. The number of rotatable bonds is 7. The Morgan fingerprint density at radius 1 is 1.07 bits per heavy atom. The van der Waals surface area contributed by atoms with Crippen molar-refractivity contribution < 1.29 is 14.4 Å². The number of carbonyl (C=O) groups is 3. The molecule has 4 fully saturated rings. The van der Waals surface area contributed by atoms with Crippen LogP contribution in [0.3, 0.4) is 0 Å². The van der Waals surface area contributed by atoms with E-state index in [0.717, 1.165) is 23.5 Å². The lowest BCUT2D eigenvalue weighted by atomic mass is 9.49. The molecule has 0 saturated heterocycles. The highest BCUT2D eigenvalue weighted by molar-refractivity contribution is 7.98. The molecule has 0 aromatic heterocycles. The first-order valence-corrected chi connectivity index (χ1v) is 12.6. The molecule has 160 valence electrons. The van der Waals surface area contributed by atoms with E-state index in [1.165, 1.54) is 43.4 Å². The molecule has 1 heterocycles. The van der Waals surface area contributed by atoms with Crippen molar-refractivity contribution in [1.29, 1.82) is 0 Å². The zero-order valence-corrected chi connectivity index (χ0v) is 18.4. The van der Waals surface area contributed by atoms with Gasteiger partial charge in [0.2, 0.25) is 5.91 Å². The Bertz CT molecular complexity index is 813. The Balaban J connectivity index is 1.32. The number of amides is 3. The average molecular weight is 427 g/mol. The van der Waals surface area contributed by atoms with Crippen molar-refractivity contribution in [2.75, 3.05) is 18.6 Å². The van der Waals surface area contributed by atoms with E-state index in [2.05, 4.69) is 5.32 Å². The molecule has 1 atom stereocenters. The second-order valence-electron chi connectivity index (χ2n) is 9.96. The van der Waals surface area contributed by atoms with Crippen LogP contribution in [-0.2, 0) is 4.79 Å². The van der Waals surface area contributed by atoms with Gasteiger partial charge < -0.3 is 5.32 Å². The molecular weight excluding hydrogens is 396 g/mol. The molecule has 1 aromatic carbocycles. The number of thioether (sulfide) groups is 1. The van der Waals surface area contributed by atoms with Gasteiger partial charge in [0.15, 0.2) is 0 Å². The van der Waals surface area contributed by atoms with Crippen LogP contribution in [0.4, 0.5) is 0 Å². The van der Waals surface area contributed by atoms with Gasteiger partial charge in [-0.25, -0.2) is 0 Å². The van der Waals surface area contributed by atoms with Crippen LogP contribution in [0.1, 0.15) is 65.7 Å². The molecule has 0 unspecified atom stereocenters. The highest BCUT2D eigenvalue weighted by Crippen LogP contribution is 2.59. The zero-order valence-electron chi connectivity index (χ0n) is 17.6. The SMILES string of the molecule is CSCC[C@@H](C(=O)NCC12CC3CC(CC(C3)C1)C2)N1C(=O)c2ccccc2C1=O. The van der Waals surface area contributed by atoms with E-state index < -0.39 is 6.04 Å². The summed E-state index contributed by atoms with van der Waals surface area (Å²) in [4.78, 5) is 40.4. The molecular formula is C24H30N2O3S. The van der Waals surface area contributed by atoms with Crippen molar-refractivity contribution in [2.45, 2.75) is 51.0 Å². The second kappa shape index (κ2) is 7.70. The van der Waals surface area contributed by atoms with Gasteiger partial charge >= 0.3 is 0 Å². The minimum Gasteiger partial charge on any atom is -0.354 e. The summed E-state index contributed by atoms with van der Waals surface area (Å²) in [5, 5.41) is 3.20. The fourth-order valence-corrected chi connectivity index (χ4v) is 7.46. The number of imide groups is 1. The monoisotopic (exact) mass is 426 g/mol. The van der Waals surface area contributed by atoms with Crippen molar-refractivity contribution in [2.24, 2.45) is 23.2 Å². The Morgan fingerprint density at radius 2 is 1.60 bits per heavy atom. The molecule has 5 nitrogen and oxygen atoms in total. The molecule has 0 spiro atoms. The van der Waals surface area contributed by atoms with E-state index in [1.54, 1.807) is 36.0 Å². The highest BCUT2D eigenvalue weighted by Gasteiger charge is 2.51. The normalized spacial score (nSPS) is 32.4. The van der Waals surface area contributed by atoms with Crippen molar-refractivity contribution in [3.05, 3.63) is 35.4 Å². The summed E-state index contributed by atoms with van der Waals surface area (Å²) in [7, 11) is 0. The quantitative estimate of drug-likeness (QED) is 0.675. The summed E-state index contributed by atoms with van der Waals surface area (Å²) in [6.07, 6.45) is 10.3. The van der Waals surface area contributed by atoms with E-state index in [-0.39, 0.29) is 23.1 Å². The minimum atomic E-state index is -0.737. The minimum absolute atomic E-state index is 0.172. The first kappa shape index (κ1) is 20.1. The Kier molecular flexibility index (Phi) is 5.16. The average Bonchev–Trinajstić information content (AvgIpc) is 2.97. The maximum Gasteiger partial charge on any atom is 0.262 e. The molecule has 6 rings (SSSR count). The number of fused-ring (bicyclic) bond motifs is 1. The number of nitrogens with zero attached hydrogens (tertiary/aromatic N) is 1. The van der Waals surface area contributed by atoms with E-state index in [4.69, 9.17) is 0 Å². The molecule has 4 bridgehead atoms. The number of nitrogens with one attached hydrogen (secondary N) is 1. The van der Waals surface area contributed by atoms with Crippen LogP contribution in [0.25, 0.3) is 0 Å². The number of carbonyl (C=O) groups excluding carboxylic acids is 3. The molecule has 6 heteroatoms. The fourth-order valence-electron chi connectivity index (χ4n) is 7.00. The van der Waals surface area contributed by atoms with Crippen molar-refractivity contribution in [3.8, 4) is 0 Å². The lowest BCUT2D eigenvalue weighted by Gasteiger charge is -2.57. The van der Waals surface area contributed by atoms with Gasteiger partial charge in [-0.1, -0.05) is 12.1 Å². The summed E-state index contributed by atoms with van der Waals surface area (Å²) >= 11 is 1.63. The third-order valence-electron chi connectivity index (χ3n) is 7.84. The molecule has 1 aliphatic heterocycles. The van der Waals surface area contributed by atoms with Crippen LogP contribution >= 0.6 is 11.8 Å².